The van der Waals surface area contributed by atoms with Gasteiger partial charge >= 0.3 is 5.97 Å². The van der Waals surface area contributed by atoms with Crippen molar-refractivity contribution in [3.05, 3.63) is 29.3 Å². The molecule has 0 aliphatic carbocycles. The van der Waals surface area contributed by atoms with Crippen LogP contribution in [-0.4, -0.2) is 164 Å². The third kappa shape index (κ3) is 13.1. The fourth-order valence-corrected chi connectivity index (χ4v) is 8.37. The van der Waals surface area contributed by atoms with Crippen LogP contribution in [-0.2, 0) is 49.6 Å². The zero-order chi connectivity index (χ0) is 47.6. The second-order valence-corrected chi connectivity index (χ2v) is 17.2. The van der Waals surface area contributed by atoms with E-state index in [0.29, 0.717) is 27.9 Å². The molecule has 1 aromatic heterocycles. The summed E-state index contributed by atoms with van der Waals surface area (Å²) < 4.78 is 0. The maximum Gasteiger partial charge on any atom is 0.326 e. The standard InChI is InChI=1S/C40H58N10O13S/c1-5-18(3)33-37(60)44-12-30(55)45-26(35(58)47-25(11-29(41)54)39(61)50-14-20(52)9-27(50)40(62)63)16-64-38-22(21-7-6-17(2)8-23(21)48-38)10-24(34(57)43-13-31(56)49-33)46-36(59)32(42)19(4)28(53)15-51/h6-8,18-20,24-28,32-33,48,51-53H,5,9-16,42H2,1-4H3,(H2,41,54)(H,43,57)(H,44,60)(H,45,55)(H,46,59)(H,47,58)(H,49,56)(H,62,63)/t18-,19-,20+,24-,25-,26-,27-,28-,32-,33-/m0/s1. The van der Waals surface area contributed by atoms with Crippen LogP contribution in [0.2, 0.25) is 0 Å². The van der Waals surface area contributed by atoms with Gasteiger partial charge in [-0.2, -0.15) is 0 Å². The predicted octanol–water partition coefficient (Wildman–Crippen LogP) is -4.42. The van der Waals surface area contributed by atoms with Crippen LogP contribution in [0.5, 0.6) is 0 Å². The molecule has 0 saturated carbocycles. The highest BCUT2D eigenvalue weighted by Gasteiger charge is 2.42. The molecule has 10 atom stereocenters. The minimum atomic E-state index is -1.73. The van der Waals surface area contributed by atoms with Crippen LogP contribution in [0.1, 0.15) is 51.2 Å². The zero-order valence-electron chi connectivity index (χ0n) is 35.8. The Morgan fingerprint density at radius 1 is 1.02 bits per heavy atom. The monoisotopic (exact) mass is 918 g/mol. The average Bonchev–Trinajstić information content (AvgIpc) is 3.81. The number of primary amides is 1. The van der Waals surface area contributed by atoms with Crippen LogP contribution >= 0.6 is 11.8 Å². The lowest BCUT2D eigenvalue weighted by atomic mass is 9.95. The summed E-state index contributed by atoms with van der Waals surface area (Å²) in [6.07, 6.45) is -3.52. The van der Waals surface area contributed by atoms with Gasteiger partial charge in [0.2, 0.25) is 47.3 Å². The Kier molecular flexibility index (Phi) is 18.0. The summed E-state index contributed by atoms with van der Waals surface area (Å²) in [5.74, 6) is -10.4. The van der Waals surface area contributed by atoms with Crippen LogP contribution in [0.25, 0.3) is 10.9 Å². The maximum absolute atomic E-state index is 14.2. The van der Waals surface area contributed by atoms with Crippen molar-refractivity contribution in [1.82, 2.24) is 41.8 Å². The fraction of sp³-hybridized carbons (Fsp3) is 0.575. The predicted molar refractivity (Wildman–Crippen MR) is 228 cm³/mol. The molecule has 3 heterocycles. The Hall–Kier alpha value is -5.82. The summed E-state index contributed by atoms with van der Waals surface area (Å²) in [5, 5.41) is 55.5. The number of aliphatic carboxylic acids is 1. The van der Waals surface area contributed by atoms with Gasteiger partial charge in [0, 0.05) is 42.0 Å². The van der Waals surface area contributed by atoms with Crippen LogP contribution in [0.4, 0.5) is 0 Å². The van der Waals surface area contributed by atoms with Gasteiger partial charge in [0.1, 0.15) is 30.2 Å². The Bertz CT molecular complexity index is 2100. The maximum atomic E-state index is 14.2. The molecular formula is C40H58N10O13S. The summed E-state index contributed by atoms with van der Waals surface area (Å²) in [6.45, 7) is 4.27. The van der Waals surface area contributed by atoms with Crippen molar-refractivity contribution in [1.29, 1.82) is 0 Å². The van der Waals surface area contributed by atoms with Crippen molar-refractivity contribution in [3.8, 4) is 0 Å². The van der Waals surface area contributed by atoms with Crippen LogP contribution in [0.15, 0.2) is 23.2 Å². The van der Waals surface area contributed by atoms with Gasteiger partial charge < -0.3 is 73.7 Å². The van der Waals surface area contributed by atoms with Gasteiger partial charge in [0.05, 0.1) is 49.4 Å². The largest absolute Gasteiger partial charge is 0.480 e. The molecule has 1 saturated heterocycles. The molecule has 64 heavy (non-hydrogen) atoms. The first-order chi connectivity index (χ1) is 30.1. The second-order valence-electron chi connectivity index (χ2n) is 16.1. The normalized spacial score (nSPS) is 23.9. The lowest BCUT2D eigenvalue weighted by Crippen LogP contribution is -2.58. The number of β-amino-alcohol motifs (C(OH)–C–C–N with tert-alkyl or cyclic N) is 1. The number of aliphatic hydroxyl groups is 3. The third-order valence-corrected chi connectivity index (χ3v) is 12.4. The molecule has 352 valence electrons. The highest BCUT2D eigenvalue weighted by atomic mass is 32.2. The highest BCUT2D eigenvalue weighted by molar-refractivity contribution is 7.99. The molecule has 15 N–H and O–H groups in total. The van der Waals surface area contributed by atoms with Crippen LogP contribution < -0.4 is 43.4 Å². The van der Waals surface area contributed by atoms with Gasteiger partial charge in [-0.3, -0.25) is 38.4 Å². The van der Waals surface area contributed by atoms with E-state index in [-0.39, 0.29) is 18.6 Å². The van der Waals surface area contributed by atoms with E-state index in [2.05, 4.69) is 36.9 Å². The van der Waals surface area contributed by atoms with Crippen molar-refractivity contribution in [3.63, 3.8) is 0 Å². The minimum absolute atomic E-state index is 0.253. The van der Waals surface area contributed by atoms with Crippen LogP contribution in [0, 0.1) is 18.8 Å². The van der Waals surface area contributed by atoms with E-state index in [4.69, 9.17) is 11.5 Å². The number of hydrogen-bond acceptors (Lipinski definition) is 14. The molecule has 2 aromatic rings. The number of nitrogens with two attached hydrogens (primary N) is 2. The molecule has 23 nitrogen and oxygen atoms in total. The van der Waals surface area contributed by atoms with Gasteiger partial charge in [-0.15, -0.1) is 11.8 Å². The number of rotatable bonds is 13. The smallest absolute Gasteiger partial charge is 0.326 e. The van der Waals surface area contributed by atoms with Gasteiger partial charge in [-0.05, 0) is 30.0 Å². The van der Waals surface area contributed by atoms with E-state index >= 15 is 0 Å². The molecule has 0 unspecified atom stereocenters. The SMILES string of the molecule is CC[C@H](C)[C@@H]1NC(=O)CNC(=O)[C@@H](NC(=O)[C@@H](N)[C@@H](C)[C@@H](O)CO)Cc2c([nH]c3cc(C)ccc23)SC[C@@H](C(=O)N[C@@H](CC(N)=O)C(=O)N2C[C@H](O)C[C@H]2C(=O)O)NC(=O)CNC1=O. The number of carboxylic acid groups (broad SMARTS) is 1. The molecule has 0 radical (unpaired) electrons. The van der Waals surface area contributed by atoms with Crippen LogP contribution in [0.3, 0.4) is 0 Å². The molecule has 1 fully saturated rings. The van der Waals surface area contributed by atoms with Crippen molar-refractivity contribution in [2.24, 2.45) is 23.3 Å². The minimum Gasteiger partial charge on any atom is -0.480 e. The Morgan fingerprint density at radius 2 is 1.67 bits per heavy atom. The first kappa shape index (κ1) is 50.8. The number of carbonyl (C=O) groups excluding carboxylic acids is 8. The molecule has 2 aliphatic rings. The number of carboxylic acids is 1. The topological polar surface area (TPSA) is 378 Å². The fourth-order valence-electron chi connectivity index (χ4n) is 7.25. The number of aliphatic hydroxyl groups excluding tert-OH is 3. The van der Waals surface area contributed by atoms with Crippen molar-refractivity contribution < 1.29 is 63.6 Å². The molecule has 0 spiro atoms. The number of hydrogen-bond donors (Lipinski definition) is 13. The molecule has 0 bridgehead atoms. The molecule has 2 aliphatic heterocycles. The second kappa shape index (κ2) is 22.7. The summed E-state index contributed by atoms with van der Waals surface area (Å²) in [6, 6.07) is -3.43. The van der Waals surface area contributed by atoms with Gasteiger partial charge in [0.25, 0.3) is 0 Å². The van der Waals surface area contributed by atoms with Crippen molar-refractivity contribution in [2.45, 2.75) is 107 Å². The first-order valence-electron chi connectivity index (χ1n) is 20.7. The number of carbonyl (C=O) groups is 9. The number of benzene rings is 1. The van der Waals surface area contributed by atoms with E-state index in [1.165, 1.54) is 6.92 Å². The number of H-pyrrole nitrogens is 1. The van der Waals surface area contributed by atoms with Crippen molar-refractivity contribution >= 4 is 75.9 Å². The number of nitrogens with one attached hydrogen (secondary N) is 7. The number of aromatic nitrogens is 1. The number of amides is 8. The summed E-state index contributed by atoms with van der Waals surface area (Å²) in [4.78, 5) is 124. The molecule has 8 amide bonds. The van der Waals surface area contributed by atoms with E-state index in [9.17, 15) is 63.6 Å². The zero-order valence-corrected chi connectivity index (χ0v) is 36.7. The molecule has 24 heteroatoms. The Labute approximate surface area is 371 Å². The average molecular weight is 919 g/mol. The summed E-state index contributed by atoms with van der Waals surface area (Å²) in [5.41, 5.74) is 13.4. The number of thioether (sulfide) groups is 1. The lowest BCUT2D eigenvalue weighted by Gasteiger charge is -2.28. The van der Waals surface area contributed by atoms with E-state index in [1.54, 1.807) is 32.0 Å². The number of fused-ring (bicyclic) bond motifs is 3. The quantitative estimate of drug-likeness (QED) is 0.0902. The van der Waals surface area contributed by atoms with E-state index in [0.717, 1.165) is 22.2 Å². The third-order valence-electron chi connectivity index (χ3n) is 11.3. The highest BCUT2D eigenvalue weighted by Crippen LogP contribution is 2.32. The van der Waals surface area contributed by atoms with Gasteiger partial charge in [-0.25, -0.2) is 4.79 Å². The number of aromatic amines is 1. The molecule has 1 aromatic carbocycles. The van der Waals surface area contributed by atoms with Gasteiger partial charge in [-0.1, -0.05) is 39.3 Å². The van der Waals surface area contributed by atoms with Gasteiger partial charge in [0.15, 0.2) is 0 Å². The first-order valence-corrected chi connectivity index (χ1v) is 21.7. The Morgan fingerprint density at radius 3 is 2.30 bits per heavy atom. The number of nitrogens with zero attached hydrogens (tertiary/aromatic N) is 1. The number of likely N-dealkylation sites (tertiary alicyclic amines) is 1. The molecule has 4 rings (SSSR count). The van der Waals surface area contributed by atoms with E-state index in [1.807, 2.05) is 6.92 Å². The summed E-state index contributed by atoms with van der Waals surface area (Å²) in [7, 11) is 0. The Balaban J connectivity index is 1.78. The summed E-state index contributed by atoms with van der Waals surface area (Å²) >= 11 is 0.978. The van der Waals surface area contributed by atoms with Crippen molar-refractivity contribution in [2.75, 3.05) is 32.0 Å². The number of aryl methyl sites for hydroxylation is 1. The van der Waals surface area contributed by atoms with E-state index < -0.39 is 146 Å². The molecular weight excluding hydrogens is 861 g/mol. The lowest BCUT2D eigenvalue weighted by molar-refractivity contribution is -0.149.